The maximum Gasteiger partial charge on any atom is 0.407 e. The fourth-order valence-corrected chi connectivity index (χ4v) is 2.36. The molecule has 2 rings (SSSR count). The Morgan fingerprint density at radius 2 is 1.85 bits per heavy atom. The molecule has 0 aliphatic heterocycles. The number of nitrogens with two attached hydrogens (primary N) is 1. The smallest absolute Gasteiger partial charge is 0.407 e. The third-order valence-corrected chi connectivity index (χ3v) is 3.86. The minimum Gasteiger partial charge on any atom is -0.465 e. The zero-order valence-corrected chi connectivity index (χ0v) is 14.8. The molecule has 8 heteroatoms. The summed E-state index contributed by atoms with van der Waals surface area (Å²) in [5.41, 5.74) is 7.16. The first-order valence-electron chi connectivity index (χ1n) is 8.20. The van der Waals surface area contributed by atoms with Gasteiger partial charge in [-0.2, -0.15) is 0 Å². The molecule has 0 radical (unpaired) electrons. The summed E-state index contributed by atoms with van der Waals surface area (Å²) in [6, 6.07) is 13.3. The van der Waals surface area contributed by atoms with Crippen molar-refractivity contribution in [2.24, 2.45) is 0 Å². The molecule has 0 aliphatic carbocycles. The maximum absolute atomic E-state index is 11.7. The molecule has 0 saturated heterocycles. The molecule has 5 N–H and O–H groups in total. The lowest BCUT2D eigenvalue weighted by Gasteiger charge is -2.20. The van der Waals surface area contributed by atoms with Crippen molar-refractivity contribution in [2.75, 3.05) is 19.4 Å². The van der Waals surface area contributed by atoms with E-state index in [9.17, 15) is 19.8 Å². The van der Waals surface area contributed by atoms with Crippen LogP contribution >= 0.6 is 0 Å². The van der Waals surface area contributed by atoms with Crippen LogP contribution in [-0.4, -0.2) is 42.0 Å². The number of aliphatic hydroxyl groups is 2. The van der Waals surface area contributed by atoms with Crippen LogP contribution in [0, 0.1) is 0 Å². The standard InChI is InChI=1S/C19H22N2O6/c1-26-18(24)13-7-8-15(20)14(9-13)17(23)16(22)10-21-19(25)27-11-12-5-3-2-4-6-12/h2-9,16-17,22-23H,10-11,20H2,1H3,(H,21,25). The molecule has 2 aromatic rings. The summed E-state index contributed by atoms with van der Waals surface area (Å²) in [5.74, 6) is -0.597. The zero-order chi connectivity index (χ0) is 19.8. The van der Waals surface area contributed by atoms with E-state index in [1.165, 1.54) is 25.3 Å². The van der Waals surface area contributed by atoms with Crippen LogP contribution in [0.15, 0.2) is 48.5 Å². The van der Waals surface area contributed by atoms with Crippen LogP contribution in [-0.2, 0) is 16.1 Å². The minimum absolute atomic E-state index is 0.0828. The highest BCUT2D eigenvalue weighted by molar-refractivity contribution is 5.90. The van der Waals surface area contributed by atoms with Crippen molar-refractivity contribution in [3.63, 3.8) is 0 Å². The van der Waals surface area contributed by atoms with Gasteiger partial charge < -0.3 is 30.7 Å². The van der Waals surface area contributed by atoms with Crippen molar-refractivity contribution in [3.8, 4) is 0 Å². The summed E-state index contributed by atoms with van der Waals surface area (Å²) in [7, 11) is 1.23. The molecule has 0 aliphatic rings. The minimum atomic E-state index is -1.41. The highest BCUT2D eigenvalue weighted by Crippen LogP contribution is 2.25. The Morgan fingerprint density at radius 1 is 1.15 bits per heavy atom. The van der Waals surface area contributed by atoms with Crippen molar-refractivity contribution < 1.29 is 29.3 Å². The number of ether oxygens (including phenoxy) is 2. The molecule has 0 saturated carbocycles. The van der Waals surface area contributed by atoms with Crippen LogP contribution < -0.4 is 11.1 Å². The van der Waals surface area contributed by atoms with E-state index in [1.54, 1.807) is 0 Å². The molecule has 0 fully saturated rings. The van der Waals surface area contributed by atoms with Crippen LogP contribution in [0.5, 0.6) is 0 Å². The Bertz CT molecular complexity index is 781. The van der Waals surface area contributed by atoms with E-state index < -0.39 is 24.3 Å². The van der Waals surface area contributed by atoms with Crippen LogP contribution in [0.25, 0.3) is 0 Å². The molecule has 0 aromatic heterocycles. The second-order valence-electron chi connectivity index (χ2n) is 5.79. The van der Waals surface area contributed by atoms with Gasteiger partial charge in [-0.3, -0.25) is 0 Å². The van der Waals surface area contributed by atoms with Gasteiger partial charge in [-0.05, 0) is 23.8 Å². The van der Waals surface area contributed by atoms with Gasteiger partial charge in [0.2, 0.25) is 0 Å². The van der Waals surface area contributed by atoms with Gasteiger partial charge in [0.15, 0.2) is 0 Å². The number of esters is 1. The third-order valence-electron chi connectivity index (χ3n) is 3.86. The monoisotopic (exact) mass is 374 g/mol. The van der Waals surface area contributed by atoms with Crippen molar-refractivity contribution >= 4 is 17.7 Å². The number of anilines is 1. The number of benzene rings is 2. The molecule has 0 spiro atoms. The highest BCUT2D eigenvalue weighted by atomic mass is 16.5. The quantitative estimate of drug-likeness (QED) is 0.425. The third kappa shape index (κ3) is 5.70. The predicted molar refractivity (Wildman–Crippen MR) is 97.8 cm³/mol. The van der Waals surface area contributed by atoms with E-state index >= 15 is 0 Å². The number of hydrogen-bond acceptors (Lipinski definition) is 7. The summed E-state index contributed by atoms with van der Waals surface area (Å²) in [5, 5.41) is 22.8. The second-order valence-corrected chi connectivity index (χ2v) is 5.79. The molecule has 0 heterocycles. The van der Waals surface area contributed by atoms with Crippen molar-refractivity contribution in [1.29, 1.82) is 0 Å². The van der Waals surface area contributed by atoms with Crippen LogP contribution in [0.4, 0.5) is 10.5 Å². The number of amides is 1. The van der Waals surface area contributed by atoms with Crippen molar-refractivity contribution in [2.45, 2.75) is 18.8 Å². The van der Waals surface area contributed by atoms with E-state index in [1.807, 2.05) is 30.3 Å². The number of alkyl carbamates (subject to hydrolysis) is 1. The first-order valence-corrected chi connectivity index (χ1v) is 8.20. The number of nitrogens with one attached hydrogen (secondary N) is 1. The van der Waals surface area contributed by atoms with E-state index in [0.29, 0.717) is 0 Å². The number of hydrogen-bond donors (Lipinski definition) is 4. The van der Waals surface area contributed by atoms with Crippen LogP contribution in [0.3, 0.4) is 0 Å². The Balaban J connectivity index is 1.90. The summed E-state index contributed by atoms with van der Waals surface area (Å²) >= 11 is 0. The molecule has 2 unspecified atom stereocenters. The molecular weight excluding hydrogens is 352 g/mol. The zero-order valence-electron chi connectivity index (χ0n) is 14.8. The fourth-order valence-electron chi connectivity index (χ4n) is 2.36. The van der Waals surface area contributed by atoms with E-state index in [2.05, 4.69) is 10.1 Å². The van der Waals surface area contributed by atoms with E-state index in [0.717, 1.165) is 5.56 Å². The van der Waals surface area contributed by atoms with Crippen molar-refractivity contribution in [1.82, 2.24) is 5.32 Å². The van der Waals surface area contributed by atoms with Gasteiger partial charge in [0.05, 0.1) is 12.7 Å². The number of carbonyl (C=O) groups is 2. The first kappa shape index (κ1) is 20.2. The average Bonchev–Trinajstić information content (AvgIpc) is 2.70. The van der Waals surface area contributed by atoms with Gasteiger partial charge in [-0.1, -0.05) is 30.3 Å². The molecule has 8 nitrogen and oxygen atoms in total. The summed E-state index contributed by atoms with van der Waals surface area (Å²) < 4.78 is 9.64. The lowest BCUT2D eigenvalue weighted by Crippen LogP contribution is -2.36. The maximum atomic E-state index is 11.7. The largest absolute Gasteiger partial charge is 0.465 e. The Labute approximate surface area is 156 Å². The fraction of sp³-hybridized carbons (Fsp3) is 0.263. The highest BCUT2D eigenvalue weighted by Gasteiger charge is 2.23. The molecule has 144 valence electrons. The van der Waals surface area contributed by atoms with Crippen LogP contribution in [0.2, 0.25) is 0 Å². The number of carbonyl (C=O) groups excluding carboxylic acids is 2. The van der Waals surface area contributed by atoms with Gasteiger partial charge in [-0.25, -0.2) is 9.59 Å². The lowest BCUT2D eigenvalue weighted by atomic mass is 10.00. The molecule has 2 aromatic carbocycles. The number of aliphatic hydroxyl groups excluding tert-OH is 2. The Morgan fingerprint density at radius 3 is 2.52 bits per heavy atom. The van der Waals surface area contributed by atoms with E-state index in [4.69, 9.17) is 10.5 Å². The topological polar surface area (TPSA) is 131 Å². The second kappa shape index (κ2) is 9.56. The predicted octanol–water partition coefficient (Wildman–Crippen LogP) is 1.38. The summed E-state index contributed by atoms with van der Waals surface area (Å²) in [4.78, 5) is 23.3. The summed E-state index contributed by atoms with van der Waals surface area (Å²) in [6.45, 7) is -0.184. The normalized spacial score (nSPS) is 12.7. The van der Waals surface area contributed by atoms with Gasteiger partial charge in [0.1, 0.15) is 18.8 Å². The number of rotatable bonds is 7. The van der Waals surface area contributed by atoms with Gasteiger partial charge >= 0.3 is 12.1 Å². The SMILES string of the molecule is COC(=O)c1ccc(N)c(C(O)C(O)CNC(=O)OCc2ccccc2)c1. The van der Waals surface area contributed by atoms with Crippen molar-refractivity contribution in [3.05, 3.63) is 65.2 Å². The first-order chi connectivity index (χ1) is 12.9. The molecule has 1 amide bonds. The Kier molecular flexibility index (Phi) is 7.16. The molecule has 27 heavy (non-hydrogen) atoms. The average molecular weight is 374 g/mol. The van der Waals surface area contributed by atoms with Gasteiger partial charge in [0.25, 0.3) is 0 Å². The molecule has 2 atom stereocenters. The molecular formula is C19H22N2O6. The molecule has 0 bridgehead atoms. The Hall–Kier alpha value is -3.10. The van der Waals surface area contributed by atoms with Gasteiger partial charge in [-0.15, -0.1) is 0 Å². The van der Waals surface area contributed by atoms with Gasteiger partial charge in [0, 0.05) is 17.8 Å². The van der Waals surface area contributed by atoms with E-state index in [-0.39, 0.29) is 30.0 Å². The van der Waals surface area contributed by atoms with Crippen LogP contribution in [0.1, 0.15) is 27.6 Å². The summed E-state index contributed by atoms with van der Waals surface area (Å²) in [6.07, 6.45) is -3.50. The lowest BCUT2D eigenvalue weighted by molar-refractivity contribution is 0.0187. The number of nitrogen functional groups attached to an aromatic ring is 1. The number of methoxy groups -OCH3 is 1.